The first-order valence-corrected chi connectivity index (χ1v) is 11.2. The minimum atomic E-state index is -0.705. The first kappa shape index (κ1) is 16.4. The van der Waals surface area contributed by atoms with Crippen LogP contribution in [0.1, 0.15) is 56.9 Å². The smallest absolute Gasteiger partial charge is 0.166 e. The van der Waals surface area contributed by atoms with E-state index < -0.39 is 8.11 Å². The monoisotopic (exact) mass is 327 g/mol. The zero-order valence-corrected chi connectivity index (χ0v) is 14.9. The van der Waals surface area contributed by atoms with Crippen LogP contribution in [0.3, 0.4) is 0 Å². The van der Waals surface area contributed by atoms with Crippen LogP contribution in [0.5, 0.6) is 0 Å². The Morgan fingerprint density at radius 3 is 2.45 bits per heavy atom. The Kier molecular flexibility index (Phi) is 6.93. The minimum Gasteiger partial charge on any atom is -0.169 e. The molecule has 20 heavy (non-hydrogen) atoms. The molecule has 2 rings (SSSR count). The van der Waals surface area contributed by atoms with E-state index >= 15 is 0 Å². The molecule has 1 unspecified atom stereocenters. The van der Waals surface area contributed by atoms with Crippen molar-refractivity contribution in [2.24, 2.45) is 5.92 Å². The summed E-state index contributed by atoms with van der Waals surface area (Å²) in [5.74, 6) is 1.53. The fourth-order valence-electron chi connectivity index (χ4n) is 3.18. The summed E-state index contributed by atoms with van der Waals surface area (Å²) in [6, 6.07) is 10.7. The van der Waals surface area contributed by atoms with Crippen LogP contribution in [0.25, 0.3) is 0 Å². The molecule has 1 radical (unpaired) electrons. The Balaban J connectivity index is 1.72. The molecule has 1 fully saturated rings. The molecule has 1 aromatic rings. The van der Waals surface area contributed by atoms with Crippen LogP contribution in [0.4, 0.5) is 0 Å². The van der Waals surface area contributed by atoms with Crippen molar-refractivity contribution in [1.82, 2.24) is 0 Å². The highest BCUT2D eigenvalue weighted by Gasteiger charge is 2.18. The van der Waals surface area contributed by atoms with Crippen molar-refractivity contribution in [3.63, 3.8) is 0 Å². The summed E-state index contributed by atoms with van der Waals surface area (Å²) in [5.41, 5.74) is 1.37. The Labute approximate surface area is 135 Å². The lowest BCUT2D eigenvalue weighted by Gasteiger charge is -2.22. The van der Waals surface area contributed by atoms with E-state index in [4.69, 9.17) is 22.7 Å². The quantitative estimate of drug-likeness (QED) is 0.405. The predicted octanol–water partition coefficient (Wildman–Crippen LogP) is 6.64. The largest absolute Gasteiger partial charge is 0.169 e. The second kappa shape index (κ2) is 8.46. The molecule has 0 amide bonds. The van der Waals surface area contributed by atoms with Crippen molar-refractivity contribution in [3.05, 3.63) is 34.9 Å². The molecule has 0 bridgehead atoms. The van der Waals surface area contributed by atoms with Crippen LogP contribution < -0.4 is 0 Å². The summed E-state index contributed by atoms with van der Waals surface area (Å²) in [4.78, 5) is 0. The van der Waals surface area contributed by atoms with Crippen LogP contribution >= 0.6 is 22.7 Å². The lowest BCUT2D eigenvalue weighted by Crippen LogP contribution is -2.12. The van der Waals surface area contributed by atoms with Gasteiger partial charge >= 0.3 is 0 Å². The SMILES string of the molecule is CC(C[Si](Cl)CCC1CCCCC1)c1ccc(Cl)cc1. The normalized spacial score (nSPS) is 18.4. The maximum atomic E-state index is 6.65. The second-order valence-corrected chi connectivity index (χ2v) is 10.2. The van der Waals surface area contributed by atoms with E-state index in [0.717, 1.165) is 10.9 Å². The molecule has 1 atom stereocenters. The van der Waals surface area contributed by atoms with Crippen LogP contribution in [0.15, 0.2) is 24.3 Å². The summed E-state index contributed by atoms with van der Waals surface area (Å²) in [5, 5.41) is 0.814. The van der Waals surface area contributed by atoms with Crippen LogP contribution in [-0.4, -0.2) is 8.11 Å². The van der Waals surface area contributed by atoms with Crippen LogP contribution in [0.2, 0.25) is 17.1 Å². The van der Waals surface area contributed by atoms with Crippen molar-refractivity contribution >= 4 is 30.8 Å². The first-order chi connectivity index (χ1) is 9.65. The Bertz CT molecular complexity index is 384. The number of hydrogen-bond donors (Lipinski definition) is 0. The van der Waals surface area contributed by atoms with Gasteiger partial charge in [-0.15, -0.1) is 0 Å². The Hall–Kier alpha value is 0.0169. The van der Waals surface area contributed by atoms with Gasteiger partial charge in [-0.05, 0) is 41.6 Å². The van der Waals surface area contributed by atoms with E-state index in [0.29, 0.717) is 5.92 Å². The van der Waals surface area contributed by atoms with Crippen molar-refractivity contribution in [1.29, 1.82) is 0 Å². The topological polar surface area (TPSA) is 0 Å². The molecule has 0 aromatic heterocycles. The van der Waals surface area contributed by atoms with Crippen molar-refractivity contribution in [3.8, 4) is 0 Å². The summed E-state index contributed by atoms with van der Waals surface area (Å²) in [6.45, 7) is 2.29. The average Bonchev–Trinajstić information content (AvgIpc) is 2.47. The van der Waals surface area contributed by atoms with Crippen LogP contribution in [-0.2, 0) is 0 Å². The van der Waals surface area contributed by atoms with E-state index in [1.165, 1.54) is 56.2 Å². The van der Waals surface area contributed by atoms with Gasteiger partial charge in [0.15, 0.2) is 8.11 Å². The summed E-state index contributed by atoms with van der Waals surface area (Å²) in [7, 11) is -0.705. The highest BCUT2D eigenvalue weighted by molar-refractivity contribution is 7.07. The molecule has 0 heterocycles. The van der Waals surface area contributed by atoms with Gasteiger partial charge in [0.25, 0.3) is 0 Å². The van der Waals surface area contributed by atoms with Gasteiger partial charge in [-0.3, -0.25) is 0 Å². The highest BCUT2D eigenvalue weighted by atomic mass is 35.6. The van der Waals surface area contributed by atoms with Gasteiger partial charge in [0.2, 0.25) is 0 Å². The van der Waals surface area contributed by atoms with Gasteiger partial charge in [-0.1, -0.05) is 69.2 Å². The third kappa shape index (κ3) is 5.42. The predicted molar refractivity (Wildman–Crippen MR) is 92.3 cm³/mol. The van der Waals surface area contributed by atoms with Crippen molar-refractivity contribution < 1.29 is 0 Å². The number of halogens is 2. The third-order valence-electron chi connectivity index (χ3n) is 4.52. The maximum absolute atomic E-state index is 6.65. The molecule has 3 heteroatoms. The molecule has 0 N–H and O–H groups in total. The summed E-state index contributed by atoms with van der Waals surface area (Å²) >= 11 is 12.6. The molecular weight excluding hydrogens is 303 g/mol. The lowest BCUT2D eigenvalue weighted by molar-refractivity contribution is 0.349. The van der Waals surface area contributed by atoms with Crippen molar-refractivity contribution in [2.75, 3.05) is 0 Å². The molecule has 0 nitrogen and oxygen atoms in total. The second-order valence-electron chi connectivity index (χ2n) is 6.22. The number of hydrogen-bond acceptors (Lipinski definition) is 0. The molecule has 0 saturated heterocycles. The summed E-state index contributed by atoms with van der Waals surface area (Å²) in [6.07, 6.45) is 8.58. The fraction of sp³-hybridized carbons (Fsp3) is 0.647. The van der Waals surface area contributed by atoms with Crippen molar-refractivity contribution in [2.45, 2.75) is 63.5 Å². The summed E-state index contributed by atoms with van der Waals surface area (Å²) < 4.78 is 0. The molecule has 1 saturated carbocycles. The first-order valence-electron chi connectivity index (χ1n) is 7.91. The van der Waals surface area contributed by atoms with Gasteiger partial charge in [0.05, 0.1) is 0 Å². The van der Waals surface area contributed by atoms with Gasteiger partial charge < -0.3 is 0 Å². The Morgan fingerprint density at radius 2 is 1.80 bits per heavy atom. The molecule has 1 aliphatic rings. The van der Waals surface area contributed by atoms with E-state index in [2.05, 4.69) is 19.1 Å². The number of rotatable bonds is 6. The molecule has 0 spiro atoms. The van der Waals surface area contributed by atoms with Gasteiger partial charge in [-0.25, -0.2) is 0 Å². The Morgan fingerprint density at radius 1 is 1.15 bits per heavy atom. The van der Waals surface area contributed by atoms with E-state index in [1.54, 1.807) is 0 Å². The van der Waals surface area contributed by atoms with Crippen LogP contribution in [0, 0.1) is 5.92 Å². The molecule has 111 valence electrons. The molecule has 0 aliphatic heterocycles. The third-order valence-corrected chi connectivity index (χ3v) is 7.68. The highest BCUT2D eigenvalue weighted by Crippen LogP contribution is 2.31. The zero-order valence-electron chi connectivity index (χ0n) is 12.4. The van der Waals surface area contributed by atoms with Gasteiger partial charge in [0, 0.05) is 5.02 Å². The van der Waals surface area contributed by atoms with E-state index in [1.807, 2.05) is 12.1 Å². The molecule has 1 aromatic carbocycles. The average molecular weight is 328 g/mol. The standard InChI is InChI=1S/C17H25Cl2Si/c1-14(16-7-9-17(18)10-8-16)13-20(19)12-11-15-5-3-2-4-6-15/h7-10,14-15H,2-6,11-13H2,1H3. The zero-order chi connectivity index (χ0) is 14.4. The lowest BCUT2D eigenvalue weighted by atomic mass is 9.88. The molecular formula is C17H25Cl2Si. The fourth-order valence-corrected chi connectivity index (χ4v) is 6.15. The minimum absolute atomic E-state index is 0.560. The number of benzene rings is 1. The van der Waals surface area contributed by atoms with Gasteiger partial charge in [0.1, 0.15) is 0 Å². The molecule has 1 aliphatic carbocycles. The maximum Gasteiger partial charge on any atom is 0.166 e. The van der Waals surface area contributed by atoms with Gasteiger partial charge in [-0.2, -0.15) is 11.1 Å². The van der Waals surface area contributed by atoms with E-state index in [-0.39, 0.29) is 0 Å². The van der Waals surface area contributed by atoms with E-state index in [9.17, 15) is 0 Å².